The van der Waals surface area contributed by atoms with Crippen molar-refractivity contribution in [2.45, 2.75) is 46.1 Å². The first-order chi connectivity index (χ1) is 19.0. The Bertz CT molecular complexity index is 1430. The minimum atomic E-state index is -0.877. The Morgan fingerprint density at radius 1 is 0.925 bits per heavy atom. The molecule has 1 heterocycles. The zero-order valence-corrected chi connectivity index (χ0v) is 24.3. The van der Waals surface area contributed by atoms with Crippen LogP contribution in [0, 0.1) is 0 Å². The number of ketones is 1. The van der Waals surface area contributed by atoms with Gasteiger partial charge in [-0.25, -0.2) is 0 Å². The fourth-order valence-corrected chi connectivity index (χ4v) is 5.14. The second kappa shape index (κ2) is 11.5. The van der Waals surface area contributed by atoms with E-state index >= 15 is 0 Å². The van der Waals surface area contributed by atoms with E-state index < -0.39 is 17.7 Å². The number of aliphatic hydroxyl groups is 1. The summed E-state index contributed by atoms with van der Waals surface area (Å²) in [7, 11) is 3.07. The topological polar surface area (TPSA) is 79.3 Å². The molecule has 0 bridgehead atoms. The summed E-state index contributed by atoms with van der Waals surface area (Å²) >= 11 is 0. The van der Waals surface area contributed by atoms with Crippen LogP contribution >= 0.6 is 0 Å². The normalized spacial score (nSPS) is 16.8. The molecule has 7 nitrogen and oxygen atoms in total. The molecule has 1 N–H and O–H groups in total. The van der Waals surface area contributed by atoms with E-state index in [2.05, 4.69) is 39.5 Å². The van der Waals surface area contributed by atoms with Gasteiger partial charge in [0.15, 0.2) is 0 Å². The molecule has 3 aromatic carbocycles. The predicted molar refractivity (Wildman–Crippen MR) is 159 cm³/mol. The fraction of sp³-hybridized carbons (Fsp3) is 0.333. The number of aliphatic hydroxyl groups excluding tert-OH is 1. The van der Waals surface area contributed by atoms with Crippen LogP contribution in [0.2, 0.25) is 0 Å². The van der Waals surface area contributed by atoms with Gasteiger partial charge in [0.05, 0.1) is 31.4 Å². The third kappa shape index (κ3) is 5.28. The van der Waals surface area contributed by atoms with Crippen LogP contribution in [0.3, 0.4) is 0 Å². The Morgan fingerprint density at radius 3 is 2.17 bits per heavy atom. The summed E-state index contributed by atoms with van der Waals surface area (Å²) < 4.78 is 11.0. The molecule has 1 saturated heterocycles. The molecule has 1 atom stereocenters. The minimum absolute atomic E-state index is 0.00423. The lowest BCUT2D eigenvalue weighted by atomic mass is 9.85. The standard InChI is InChI=1S/C33H38N2O5/c1-8-34(9-2)23-14-16-24(17-15-23)35-29(21-11-10-12-25(19-21)39-6)28(31(37)32(35)38)30(36)26-20-22(33(3,4)5)13-18-27(26)40-7/h10-20,29,36H,8-9H2,1-7H3/b30-28+. The number of methoxy groups -OCH3 is 2. The van der Waals surface area contributed by atoms with Crippen LogP contribution in [0.5, 0.6) is 11.5 Å². The minimum Gasteiger partial charge on any atom is -0.507 e. The predicted octanol–water partition coefficient (Wildman–Crippen LogP) is 6.47. The molecule has 7 heteroatoms. The number of hydrogen-bond acceptors (Lipinski definition) is 6. The van der Waals surface area contributed by atoms with Crippen molar-refractivity contribution in [1.82, 2.24) is 0 Å². The summed E-state index contributed by atoms with van der Waals surface area (Å²) in [6.07, 6.45) is 0. The van der Waals surface area contributed by atoms with Crippen molar-refractivity contribution < 1.29 is 24.2 Å². The van der Waals surface area contributed by atoms with Gasteiger partial charge in [-0.3, -0.25) is 14.5 Å². The molecule has 4 rings (SSSR count). The van der Waals surface area contributed by atoms with Crippen LogP contribution in [-0.2, 0) is 15.0 Å². The largest absolute Gasteiger partial charge is 0.507 e. The van der Waals surface area contributed by atoms with Gasteiger partial charge in [-0.1, -0.05) is 39.0 Å². The number of ether oxygens (including phenoxy) is 2. The van der Waals surface area contributed by atoms with E-state index in [-0.39, 0.29) is 16.7 Å². The summed E-state index contributed by atoms with van der Waals surface area (Å²) in [4.78, 5) is 31.0. The van der Waals surface area contributed by atoms with Crippen LogP contribution in [0.15, 0.2) is 72.3 Å². The number of nitrogens with zero attached hydrogens (tertiary/aromatic N) is 2. The fourth-order valence-electron chi connectivity index (χ4n) is 5.14. The van der Waals surface area contributed by atoms with Gasteiger partial charge >= 0.3 is 0 Å². The van der Waals surface area contributed by atoms with E-state index in [0.29, 0.717) is 28.3 Å². The maximum absolute atomic E-state index is 13.7. The van der Waals surface area contributed by atoms with E-state index in [1.165, 1.54) is 12.0 Å². The number of Topliss-reactive ketones (excluding diaryl/α,β-unsaturated/α-hetero) is 1. The van der Waals surface area contributed by atoms with Gasteiger partial charge in [0.1, 0.15) is 17.3 Å². The lowest BCUT2D eigenvalue weighted by molar-refractivity contribution is -0.132. The zero-order chi connectivity index (χ0) is 29.2. The summed E-state index contributed by atoms with van der Waals surface area (Å²) in [5.74, 6) is -0.773. The van der Waals surface area contributed by atoms with Crippen LogP contribution < -0.4 is 19.3 Å². The second-order valence-corrected chi connectivity index (χ2v) is 10.8. The average molecular weight is 543 g/mol. The summed E-state index contributed by atoms with van der Waals surface area (Å²) in [6, 6.07) is 19.4. The first-order valence-electron chi connectivity index (χ1n) is 13.5. The number of benzene rings is 3. The molecular formula is C33H38N2O5. The van der Waals surface area contributed by atoms with Crippen molar-refractivity contribution in [3.8, 4) is 11.5 Å². The molecule has 0 saturated carbocycles. The number of anilines is 2. The Kier molecular flexibility index (Phi) is 8.24. The molecule has 0 radical (unpaired) electrons. The average Bonchev–Trinajstić information content (AvgIpc) is 3.22. The maximum Gasteiger partial charge on any atom is 0.300 e. The molecular weight excluding hydrogens is 504 g/mol. The van der Waals surface area contributed by atoms with Crippen molar-refractivity contribution in [3.63, 3.8) is 0 Å². The number of carbonyl (C=O) groups is 2. The molecule has 1 fully saturated rings. The molecule has 1 amide bonds. The monoisotopic (exact) mass is 542 g/mol. The highest BCUT2D eigenvalue weighted by atomic mass is 16.5. The maximum atomic E-state index is 13.7. The van der Waals surface area contributed by atoms with E-state index in [4.69, 9.17) is 9.47 Å². The third-order valence-electron chi connectivity index (χ3n) is 7.43. The van der Waals surface area contributed by atoms with Gasteiger partial charge in [0.2, 0.25) is 0 Å². The number of rotatable bonds is 8. The zero-order valence-electron chi connectivity index (χ0n) is 24.3. The second-order valence-electron chi connectivity index (χ2n) is 10.8. The van der Waals surface area contributed by atoms with Gasteiger partial charge in [0, 0.05) is 24.5 Å². The van der Waals surface area contributed by atoms with Gasteiger partial charge in [-0.2, -0.15) is 0 Å². The smallest absolute Gasteiger partial charge is 0.300 e. The SMILES string of the molecule is CCN(CC)c1ccc(N2C(=O)C(=O)/C(=C(/O)c3cc(C(C)(C)C)ccc3OC)C2c2cccc(OC)c2)cc1. The van der Waals surface area contributed by atoms with Crippen LogP contribution in [0.4, 0.5) is 11.4 Å². The molecule has 0 aliphatic carbocycles. The first-order valence-corrected chi connectivity index (χ1v) is 13.5. The summed E-state index contributed by atoms with van der Waals surface area (Å²) in [5, 5.41) is 11.8. The summed E-state index contributed by atoms with van der Waals surface area (Å²) in [6.45, 7) is 12.1. The van der Waals surface area contributed by atoms with Crippen LogP contribution in [0.25, 0.3) is 5.76 Å². The van der Waals surface area contributed by atoms with Crippen LogP contribution in [-0.4, -0.2) is 44.1 Å². The van der Waals surface area contributed by atoms with E-state index in [9.17, 15) is 14.7 Å². The first kappa shape index (κ1) is 28.7. The lowest BCUT2D eigenvalue weighted by Crippen LogP contribution is -2.29. The van der Waals surface area contributed by atoms with E-state index in [0.717, 1.165) is 24.3 Å². The molecule has 1 aliphatic heterocycles. The number of carbonyl (C=O) groups excluding carboxylic acids is 2. The molecule has 1 aliphatic rings. The highest BCUT2D eigenvalue weighted by Gasteiger charge is 2.47. The number of amides is 1. The van der Waals surface area contributed by atoms with Gasteiger partial charge < -0.3 is 19.5 Å². The van der Waals surface area contributed by atoms with Gasteiger partial charge in [-0.05, 0) is 78.9 Å². The van der Waals surface area contributed by atoms with Crippen molar-refractivity contribution >= 4 is 28.8 Å². The Hall–Kier alpha value is -4.26. The van der Waals surface area contributed by atoms with Crippen molar-refractivity contribution in [1.29, 1.82) is 0 Å². The summed E-state index contributed by atoms with van der Waals surface area (Å²) in [5.41, 5.74) is 3.31. The van der Waals surface area contributed by atoms with Gasteiger partial charge in [-0.15, -0.1) is 0 Å². The van der Waals surface area contributed by atoms with Crippen molar-refractivity contribution in [3.05, 3.63) is 89.0 Å². The molecule has 1 unspecified atom stereocenters. The van der Waals surface area contributed by atoms with Crippen molar-refractivity contribution in [2.24, 2.45) is 0 Å². The van der Waals surface area contributed by atoms with Crippen molar-refractivity contribution in [2.75, 3.05) is 37.1 Å². The molecule has 0 aromatic heterocycles. The third-order valence-corrected chi connectivity index (χ3v) is 7.43. The highest BCUT2D eigenvalue weighted by Crippen LogP contribution is 2.44. The molecule has 40 heavy (non-hydrogen) atoms. The van der Waals surface area contributed by atoms with Crippen LogP contribution in [0.1, 0.15) is 57.4 Å². The highest BCUT2D eigenvalue weighted by molar-refractivity contribution is 6.51. The Morgan fingerprint density at radius 2 is 1.60 bits per heavy atom. The van der Waals surface area contributed by atoms with Gasteiger partial charge in [0.25, 0.3) is 11.7 Å². The quantitative estimate of drug-likeness (QED) is 0.200. The number of hydrogen-bond donors (Lipinski definition) is 1. The van der Waals surface area contributed by atoms with E-state index in [1.54, 1.807) is 31.4 Å². The molecule has 3 aromatic rings. The van der Waals surface area contributed by atoms with E-state index in [1.807, 2.05) is 42.5 Å². The molecule has 210 valence electrons. The Labute approximate surface area is 236 Å². The molecule has 0 spiro atoms. The Balaban J connectivity index is 1.95. The lowest BCUT2D eigenvalue weighted by Gasteiger charge is -2.27.